The Kier molecular flexibility index (Phi) is 10.2. The number of anilines is 1. The summed E-state index contributed by atoms with van der Waals surface area (Å²) in [5, 5.41) is 15.9. The van der Waals surface area contributed by atoms with Crippen LogP contribution in [0.25, 0.3) is 0 Å². The molecule has 2 heterocycles. The summed E-state index contributed by atoms with van der Waals surface area (Å²) < 4.78 is 0. The summed E-state index contributed by atoms with van der Waals surface area (Å²) in [5.74, 6) is 1.26. The van der Waals surface area contributed by atoms with Crippen LogP contribution in [-0.4, -0.2) is 42.3 Å². The minimum Gasteiger partial charge on any atom is -0.396 e. The molecule has 0 spiro atoms. The van der Waals surface area contributed by atoms with E-state index in [0.29, 0.717) is 25.6 Å². The second-order valence-electron chi connectivity index (χ2n) is 7.15. The van der Waals surface area contributed by atoms with Gasteiger partial charge in [0.25, 0.3) is 0 Å². The predicted molar refractivity (Wildman–Crippen MR) is 130 cm³/mol. The molecule has 0 amide bonds. The number of hydrogen-bond donors (Lipinski definition) is 3. The lowest BCUT2D eigenvalue weighted by molar-refractivity contribution is 0.203. The molecule has 1 fully saturated rings. The Morgan fingerprint density at radius 2 is 1.90 bits per heavy atom. The molecular weight excluding hydrogens is 477 g/mol. The van der Waals surface area contributed by atoms with Crippen molar-refractivity contribution in [2.45, 2.75) is 32.9 Å². The Labute approximate surface area is 190 Å². The van der Waals surface area contributed by atoms with Gasteiger partial charge < -0.3 is 20.6 Å². The van der Waals surface area contributed by atoms with Gasteiger partial charge in [-0.3, -0.25) is 4.98 Å². The first-order valence-electron chi connectivity index (χ1n) is 10.2. The van der Waals surface area contributed by atoms with Crippen LogP contribution in [0.3, 0.4) is 0 Å². The van der Waals surface area contributed by atoms with Crippen molar-refractivity contribution in [3.05, 3.63) is 59.9 Å². The van der Waals surface area contributed by atoms with E-state index in [1.807, 2.05) is 18.2 Å². The molecule has 2 aromatic rings. The quantitative estimate of drug-likeness (QED) is 0.304. The maximum atomic E-state index is 9.28. The van der Waals surface area contributed by atoms with E-state index in [-0.39, 0.29) is 24.0 Å². The van der Waals surface area contributed by atoms with Crippen molar-refractivity contribution in [3.63, 3.8) is 0 Å². The number of halogens is 1. The Morgan fingerprint density at radius 3 is 2.52 bits per heavy atom. The van der Waals surface area contributed by atoms with Crippen LogP contribution in [-0.2, 0) is 13.1 Å². The Bertz CT molecular complexity index is 731. The number of pyridine rings is 1. The molecule has 1 aliphatic rings. The standard InChI is InChI=1S/C22H31N5O.HI/c1-2-23-22(26-16-20-5-3-4-12-24-20)25-15-18-6-8-21(9-7-18)27-13-10-19(17-28)11-14-27;/h3-9,12,19,28H,2,10-11,13-17H2,1H3,(H2,23,25,26);1H. The van der Waals surface area contributed by atoms with E-state index in [9.17, 15) is 5.11 Å². The molecule has 0 unspecified atom stereocenters. The van der Waals surface area contributed by atoms with Gasteiger partial charge >= 0.3 is 0 Å². The van der Waals surface area contributed by atoms with Gasteiger partial charge in [0.15, 0.2) is 5.96 Å². The van der Waals surface area contributed by atoms with Crippen molar-refractivity contribution in [2.75, 3.05) is 31.1 Å². The molecule has 158 valence electrons. The number of piperidine rings is 1. The van der Waals surface area contributed by atoms with Gasteiger partial charge in [0.05, 0.1) is 18.8 Å². The Balaban J connectivity index is 0.00000300. The summed E-state index contributed by atoms with van der Waals surface area (Å²) in [4.78, 5) is 11.4. The fraction of sp³-hybridized carbons (Fsp3) is 0.455. The molecule has 3 N–H and O–H groups in total. The van der Waals surface area contributed by atoms with E-state index in [4.69, 9.17) is 0 Å². The summed E-state index contributed by atoms with van der Waals surface area (Å²) in [6.07, 6.45) is 3.93. The number of nitrogens with one attached hydrogen (secondary N) is 2. The average Bonchev–Trinajstić information content (AvgIpc) is 2.77. The fourth-order valence-electron chi connectivity index (χ4n) is 3.37. The molecule has 0 bridgehead atoms. The van der Waals surface area contributed by atoms with Crippen molar-refractivity contribution in [1.82, 2.24) is 15.6 Å². The SMILES string of the molecule is CCNC(=NCc1ccc(N2CCC(CO)CC2)cc1)NCc1ccccn1.I. The lowest BCUT2D eigenvalue weighted by Crippen LogP contribution is -2.37. The van der Waals surface area contributed by atoms with Gasteiger partial charge in [0, 0.05) is 38.1 Å². The number of aliphatic imine (C=N–C) groups is 1. The van der Waals surface area contributed by atoms with E-state index >= 15 is 0 Å². The molecule has 29 heavy (non-hydrogen) atoms. The summed E-state index contributed by atoms with van der Waals surface area (Å²) in [7, 11) is 0. The van der Waals surface area contributed by atoms with Crippen LogP contribution in [0.1, 0.15) is 31.0 Å². The van der Waals surface area contributed by atoms with Crippen LogP contribution < -0.4 is 15.5 Å². The largest absolute Gasteiger partial charge is 0.396 e. The summed E-state index contributed by atoms with van der Waals surface area (Å²) in [5.41, 5.74) is 3.43. The van der Waals surface area contributed by atoms with Gasteiger partial charge in [0.2, 0.25) is 0 Å². The maximum Gasteiger partial charge on any atom is 0.191 e. The third-order valence-electron chi connectivity index (χ3n) is 5.10. The molecule has 1 aromatic carbocycles. The highest BCUT2D eigenvalue weighted by atomic mass is 127. The highest BCUT2D eigenvalue weighted by molar-refractivity contribution is 14.0. The fourth-order valence-corrected chi connectivity index (χ4v) is 3.37. The number of rotatable bonds is 7. The van der Waals surface area contributed by atoms with Gasteiger partial charge in [-0.2, -0.15) is 0 Å². The second-order valence-corrected chi connectivity index (χ2v) is 7.15. The summed E-state index contributed by atoms with van der Waals surface area (Å²) in [6.45, 7) is 6.51. The molecule has 6 nitrogen and oxygen atoms in total. The topological polar surface area (TPSA) is 72.8 Å². The number of aromatic nitrogens is 1. The van der Waals surface area contributed by atoms with Crippen molar-refractivity contribution >= 4 is 35.6 Å². The molecular formula is C22H32IN5O. The number of benzene rings is 1. The first-order chi connectivity index (χ1) is 13.8. The van der Waals surface area contributed by atoms with E-state index in [1.54, 1.807) is 6.20 Å². The molecule has 0 saturated carbocycles. The molecule has 1 aromatic heterocycles. The number of aliphatic hydroxyl groups is 1. The van der Waals surface area contributed by atoms with E-state index in [2.05, 4.69) is 56.7 Å². The van der Waals surface area contributed by atoms with Gasteiger partial charge in [-0.05, 0) is 55.5 Å². The van der Waals surface area contributed by atoms with Crippen molar-refractivity contribution < 1.29 is 5.11 Å². The first-order valence-corrected chi connectivity index (χ1v) is 10.2. The molecule has 1 aliphatic heterocycles. The molecule has 0 aliphatic carbocycles. The zero-order valence-corrected chi connectivity index (χ0v) is 19.4. The average molecular weight is 509 g/mol. The van der Waals surface area contributed by atoms with Crippen LogP contribution in [0.5, 0.6) is 0 Å². The molecule has 7 heteroatoms. The molecule has 3 rings (SSSR count). The smallest absolute Gasteiger partial charge is 0.191 e. The van der Waals surface area contributed by atoms with Gasteiger partial charge in [-0.25, -0.2) is 4.99 Å². The van der Waals surface area contributed by atoms with E-state index in [0.717, 1.165) is 44.1 Å². The normalized spacial score (nSPS) is 15.0. The molecule has 0 atom stereocenters. The number of aliphatic hydroxyl groups excluding tert-OH is 1. The minimum atomic E-state index is 0. The zero-order valence-electron chi connectivity index (χ0n) is 17.1. The minimum absolute atomic E-state index is 0. The van der Waals surface area contributed by atoms with Gasteiger partial charge in [0.1, 0.15) is 0 Å². The highest BCUT2D eigenvalue weighted by Crippen LogP contribution is 2.23. The summed E-state index contributed by atoms with van der Waals surface area (Å²) in [6, 6.07) is 14.6. The van der Waals surface area contributed by atoms with Crippen LogP contribution in [0.2, 0.25) is 0 Å². The maximum absolute atomic E-state index is 9.28. The predicted octanol–water partition coefficient (Wildman–Crippen LogP) is 3.16. The third-order valence-corrected chi connectivity index (χ3v) is 5.10. The third kappa shape index (κ3) is 7.47. The van der Waals surface area contributed by atoms with Crippen molar-refractivity contribution in [1.29, 1.82) is 0 Å². The van der Waals surface area contributed by atoms with Crippen LogP contribution in [0, 0.1) is 5.92 Å². The molecule has 1 saturated heterocycles. The zero-order chi connectivity index (χ0) is 19.6. The van der Waals surface area contributed by atoms with Crippen LogP contribution in [0.4, 0.5) is 5.69 Å². The van der Waals surface area contributed by atoms with Gasteiger partial charge in [-0.1, -0.05) is 18.2 Å². The number of guanidine groups is 1. The first kappa shape index (κ1) is 23.4. The highest BCUT2D eigenvalue weighted by Gasteiger charge is 2.18. The lowest BCUT2D eigenvalue weighted by Gasteiger charge is -2.32. The second kappa shape index (κ2) is 12.6. The Hall–Kier alpha value is -1.87. The van der Waals surface area contributed by atoms with Gasteiger partial charge in [-0.15, -0.1) is 24.0 Å². The number of nitrogens with zero attached hydrogens (tertiary/aromatic N) is 3. The monoisotopic (exact) mass is 509 g/mol. The van der Waals surface area contributed by atoms with Crippen LogP contribution in [0.15, 0.2) is 53.7 Å². The van der Waals surface area contributed by atoms with E-state index < -0.39 is 0 Å². The van der Waals surface area contributed by atoms with E-state index in [1.165, 1.54) is 11.3 Å². The van der Waals surface area contributed by atoms with Crippen molar-refractivity contribution in [2.24, 2.45) is 10.9 Å². The molecule has 0 radical (unpaired) electrons. The van der Waals surface area contributed by atoms with Crippen molar-refractivity contribution in [3.8, 4) is 0 Å². The van der Waals surface area contributed by atoms with Crippen LogP contribution >= 0.6 is 24.0 Å². The number of hydrogen-bond acceptors (Lipinski definition) is 4. The summed E-state index contributed by atoms with van der Waals surface area (Å²) >= 11 is 0. The Morgan fingerprint density at radius 1 is 1.14 bits per heavy atom. The lowest BCUT2D eigenvalue weighted by atomic mass is 9.97.